The Balaban J connectivity index is 1.22. The summed E-state index contributed by atoms with van der Waals surface area (Å²) < 4.78 is 55.6. The largest absolute Gasteiger partial charge is 0.366 e. The fourth-order valence-electron chi connectivity index (χ4n) is 5.79. The predicted molar refractivity (Wildman–Crippen MR) is 168 cm³/mol. The van der Waals surface area contributed by atoms with E-state index in [1.54, 1.807) is 42.5 Å². The van der Waals surface area contributed by atoms with Crippen LogP contribution in [0.15, 0.2) is 83.8 Å². The summed E-state index contributed by atoms with van der Waals surface area (Å²) in [5.41, 5.74) is 2.76. The van der Waals surface area contributed by atoms with Gasteiger partial charge in [-0.15, -0.1) is 0 Å². The zero-order chi connectivity index (χ0) is 32.3. The number of benzene rings is 3. The van der Waals surface area contributed by atoms with Crippen LogP contribution in [-0.2, 0) is 21.4 Å². The second-order valence-electron chi connectivity index (χ2n) is 11.1. The maximum Gasteiger partial charge on any atom is 0.243 e. The summed E-state index contributed by atoms with van der Waals surface area (Å²) >= 11 is 0. The molecule has 3 aromatic carbocycles. The molecule has 0 spiro atoms. The van der Waals surface area contributed by atoms with Gasteiger partial charge in [0, 0.05) is 38.3 Å². The van der Waals surface area contributed by atoms with Crippen LogP contribution >= 0.6 is 0 Å². The molecule has 10 nitrogen and oxygen atoms in total. The summed E-state index contributed by atoms with van der Waals surface area (Å²) in [4.78, 5) is 26.8. The molecule has 3 heterocycles. The summed E-state index contributed by atoms with van der Waals surface area (Å²) in [5, 5.41) is 12.3. The number of anilines is 2. The topological polar surface area (TPSA) is 123 Å². The Labute approximate surface area is 266 Å². The van der Waals surface area contributed by atoms with Gasteiger partial charge in [0.05, 0.1) is 40.1 Å². The van der Waals surface area contributed by atoms with Gasteiger partial charge in [0.2, 0.25) is 21.9 Å². The van der Waals surface area contributed by atoms with E-state index in [1.165, 1.54) is 18.2 Å². The molecule has 0 bridgehead atoms. The zero-order valence-electron chi connectivity index (χ0n) is 24.8. The molecule has 0 unspecified atom stereocenters. The van der Waals surface area contributed by atoms with Crippen LogP contribution < -0.4 is 15.1 Å². The molecule has 236 valence electrons. The van der Waals surface area contributed by atoms with Gasteiger partial charge in [-0.2, -0.15) is 9.57 Å². The number of hydrogen-bond acceptors (Lipinski definition) is 8. The molecule has 0 aliphatic carbocycles. The lowest BCUT2D eigenvalue weighted by molar-refractivity contribution is -0.124. The Bertz CT molecular complexity index is 1890. The Morgan fingerprint density at radius 1 is 0.913 bits per heavy atom. The third-order valence-corrected chi connectivity index (χ3v) is 10.1. The van der Waals surface area contributed by atoms with E-state index in [4.69, 9.17) is 9.97 Å². The number of piperazine rings is 1. The van der Waals surface area contributed by atoms with Crippen molar-refractivity contribution in [2.24, 2.45) is 0 Å². The minimum Gasteiger partial charge on any atom is -0.366 e. The number of hydrogen-bond donors (Lipinski definition) is 1. The van der Waals surface area contributed by atoms with Crippen molar-refractivity contribution in [2.75, 3.05) is 42.5 Å². The fourth-order valence-corrected chi connectivity index (χ4v) is 7.45. The van der Waals surface area contributed by atoms with Gasteiger partial charge in [-0.3, -0.25) is 4.79 Å². The molecule has 0 saturated carbocycles. The van der Waals surface area contributed by atoms with Gasteiger partial charge in [-0.05, 0) is 67.4 Å². The second-order valence-corrected chi connectivity index (χ2v) is 13.0. The lowest BCUT2D eigenvalue weighted by Crippen LogP contribution is -2.47. The number of para-hydroxylation sites is 1. The van der Waals surface area contributed by atoms with Gasteiger partial charge in [0.25, 0.3) is 0 Å². The van der Waals surface area contributed by atoms with Crippen LogP contribution in [0.2, 0.25) is 0 Å². The molecule has 1 aromatic heterocycles. The normalized spacial score (nSPS) is 17.1. The Hall–Kier alpha value is -4.93. The fraction of sp³-hybridized carbons (Fsp3) is 0.273. The van der Waals surface area contributed by atoms with Crippen LogP contribution in [0.3, 0.4) is 0 Å². The molecule has 2 aliphatic rings. The highest BCUT2D eigenvalue weighted by atomic mass is 32.2. The number of aromatic nitrogens is 2. The van der Waals surface area contributed by atoms with Crippen molar-refractivity contribution in [3.8, 4) is 17.3 Å². The monoisotopic (exact) mass is 643 g/mol. The number of nitrogens with zero attached hydrogens (tertiary/aromatic N) is 6. The third kappa shape index (κ3) is 6.54. The van der Waals surface area contributed by atoms with Crippen molar-refractivity contribution < 1.29 is 22.0 Å². The number of amides is 1. The van der Waals surface area contributed by atoms with Crippen molar-refractivity contribution in [1.29, 1.82) is 5.26 Å². The lowest BCUT2D eigenvalue weighted by Gasteiger charge is -2.36. The van der Waals surface area contributed by atoms with Gasteiger partial charge in [-0.1, -0.05) is 24.3 Å². The van der Waals surface area contributed by atoms with E-state index in [0.717, 1.165) is 16.4 Å². The third-order valence-electron chi connectivity index (χ3n) is 8.18. The maximum absolute atomic E-state index is 14.4. The minimum atomic E-state index is -4.01. The van der Waals surface area contributed by atoms with Crippen molar-refractivity contribution >= 4 is 27.6 Å². The highest BCUT2D eigenvalue weighted by Crippen LogP contribution is 2.28. The second kappa shape index (κ2) is 13.2. The molecule has 4 aromatic rings. The van der Waals surface area contributed by atoms with E-state index in [2.05, 4.69) is 11.4 Å². The first-order valence-corrected chi connectivity index (χ1v) is 16.3. The molecule has 1 N–H and O–H groups in total. The number of nitrogens with one attached hydrogen (secondary N) is 1. The number of nitriles is 1. The molecule has 46 heavy (non-hydrogen) atoms. The van der Waals surface area contributed by atoms with E-state index in [0.29, 0.717) is 73.2 Å². The van der Waals surface area contributed by atoms with Crippen molar-refractivity contribution in [2.45, 2.75) is 30.3 Å². The van der Waals surface area contributed by atoms with Crippen LogP contribution in [0, 0.1) is 23.0 Å². The van der Waals surface area contributed by atoms with E-state index in [9.17, 15) is 27.3 Å². The first kappa shape index (κ1) is 31.1. The zero-order valence-corrected chi connectivity index (χ0v) is 25.6. The van der Waals surface area contributed by atoms with Gasteiger partial charge in [0.15, 0.2) is 0 Å². The molecular weight excluding hydrogens is 612 g/mol. The number of carbonyl (C=O) groups excluding carboxylic acids is 1. The van der Waals surface area contributed by atoms with E-state index < -0.39 is 27.8 Å². The lowest BCUT2D eigenvalue weighted by atomic mass is 10.1. The van der Waals surface area contributed by atoms with Crippen LogP contribution in [-0.4, -0.2) is 67.4 Å². The van der Waals surface area contributed by atoms with E-state index in [-0.39, 0.29) is 23.8 Å². The first-order valence-electron chi connectivity index (χ1n) is 14.9. The van der Waals surface area contributed by atoms with Crippen molar-refractivity contribution in [3.63, 3.8) is 0 Å². The van der Waals surface area contributed by atoms with Crippen LogP contribution in [0.1, 0.15) is 24.1 Å². The van der Waals surface area contributed by atoms with E-state index >= 15 is 0 Å². The van der Waals surface area contributed by atoms with Crippen molar-refractivity contribution in [1.82, 2.24) is 19.6 Å². The van der Waals surface area contributed by atoms with Crippen LogP contribution in [0.25, 0.3) is 11.3 Å². The highest BCUT2D eigenvalue weighted by molar-refractivity contribution is 7.89. The van der Waals surface area contributed by atoms with Crippen LogP contribution in [0.4, 0.5) is 20.4 Å². The number of halogens is 2. The SMILES string of the molecule is N#Cc1cccc(-c2cc(CNC(=O)[C@@H]3CCCN3S(=O)(=O)c3ccc(F)cc3)nc(N3CCN(c4ccccc4F)CC3)n2)c1. The Morgan fingerprint density at radius 2 is 1.65 bits per heavy atom. The number of carbonyl (C=O) groups is 1. The Morgan fingerprint density at radius 3 is 2.39 bits per heavy atom. The van der Waals surface area contributed by atoms with Gasteiger partial charge < -0.3 is 15.1 Å². The van der Waals surface area contributed by atoms with Gasteiger partial charge in [0.1, 0.15) is 17.7 Å². The summed E-state index contributed by atoms with van der Waals surface area (Å²) in [6, 6.07) is 21.2. The van der Waals surface area contributed by atoms with E-state index in [1.807, 2.05) is 15.9 Å². The molecule has 0 radical (unpaired) electrons. The minimum absolute atomic E-state index is 0.00935. The number of rotatable bonds is 8. The quantitative estimate of drug-likeness (QED) is 0.305. The molecular formula is C33H31F2N7O3S. The van der Waals surface area contributed by atoms with Gasteiger partial charge in [-0.25, -0.2) is 27.2 Å². The summed E-state index contributed by atoms with van der Waals surface area (Å²) in [7, 11) is -4.01. The maximum atomic E-state index is 14.4. The smallest absolute Gasteiger partial charge is 0.243 e. The average Bonchev–Trinajstić information content (AvgIpc) is 3.59. The molecule has 6 rings (SSSR count). The molecule has 2 aliphatic heterocycles. The van der Waals surface area contributed by atoms with Gasteiger partial charge >= 0.3 is 0 Å². The van der Waals surface area contributed by atoms with Crippen LogP contribution in [0.5, 0.6) is 0 Å². The predicted octanol–water partition coefficient (Wildman–Crippen LogP) is 4.09. The molecule has 2 saturated heterocycles. The number of sulfonamides is 1. The Kier molecular flexibility index (Phi) is 8.92. The average molecular weight is 644 g/mol. The first-order chi connectivity index (χ1) is 22.2. The van der Waals surface area contributed by atoms with Crippen molar-refractivity contribution in [3.05, 3.63) is 102 Å². The molecule has 1 atom stereocenters. The summed E-state index contributed by atoms with van der Waals surface area (Å²) in [6.45, 7) is 2.33. The summed E-state index contributed by atoms with van der Waals surface area (Å²) in [5.74, 6) is -0.867. The summed E-state index contributed by atoms with van der Waals surface area (Å²) in [6.07, 6.45) is 0.855. The molecule has 2 fully saturated rings. The highest BCUT2D eigenvalue weighted by Gasteiger charge is 2.39. The molecule has 13 heteroatoms. The molecule has 1 amide bonds. The standard InChI is InChI=1S/C33H31F2N7O3S/c34-25-10-12-27(13-11-25)46(44,45)42-14-4-9-31(42)32(43)37-22-26-20-29(24-6-3-5-23(19-24)21-36)39-33(38-26)41-17-15-40(16-18-41)30-8-2-1-7-28(30)35/h1-3,5-8,10-13,19-20,31H,4,9,14-18,22H2,(H,37,43)/t31-/m0/s1.